The zero-order valence-electron chi connectivity index (χ0n) is 13.6. The number of rotatable bonds is 3. The van der Waals surface area contributed by atoms with Gasteiger partial charge in [-0.15, -0.1) is 0 Å². The number of hydrogen-bond donors (Lipinski definition) is 4. The zero-order chi connectivity index (χ0) is 17.2. The molecule has 130 valence electrons. The van der Waals surface area contributed by atoms with E-state index < -0.39 is 0 Å². The molecular weight excluding hydrogens is 338 g/mol. The average Bonchev–Trinajstić information content (AvgIpc) is 2.64. The summed E-state index contributed by atoms with van der Waals surface area (Å²) in [4.78, 5) is 17.0. The molecule has 4 atom stereocenters. The molecule has 4 rings (SSSR count). The fourth-order valence-corrected chi connectivity index (χ4v) is 3.86. The van der Waals surface area contributed by atoms with Gasteiger partial charge in [-0.1, -0.05) is 29.8 Å². The largest absolute Gasteiger partial charge is 0.352 e. The fourth-order valence-electron chi connectivity index (χ4n) is 3.67. The van der Waals surface area contributed by atoms with Crippen LogP contribution in [0.3, 0.4) is 0 Å². The van der Waals surface area contributed by atoms with E-state index in [0.29, 0.717) is 5.02 Å². The van der Waals surface area contributed by atoms with Crippen LogP contribution in [0.2, 0.25) is 5.02 Å². The quantitative estimate of drug-likeness (QED) is 0.674. The van der Waals surface area contributed by atoms with Crippen LogP contribution in [0.5, 0.6) is 0 Å². The first-order chi connectivity index (χ1) is 12.2. The van der Waals surface area contributed by atoms with E-state index >= 15 is 0 Å². The first kappa shape index (κ1) is 16.3. The third kappa shape index (κ3) is 3.33. The van der Waals surface area contributed by atoms with Gasteiger partial charge in [-0.05, 0) is 36.7 Å². The third-order valence-corrected chi connectivity index (χ3v) is 5.16. The Morgan fingerprint density at radius 3 is 2.88 bits per heavy atom. The molecular formula is C18H20ClN5O. The molecule has 1 amide bonds. The van der Waals surface area contributed by atoms with Crippen LogP contribution in [0, 0.1) is 5.92 Å². The van der Waals surface area contributed by atoms with E-state index in [0.717, 1.165) is 24.2 Å². The second-order valence-corrected chi connectivity index (χ2v) is 6.78. The van der Waals surface area contributed by atoms with Crippen molar-refractivity contribution in [2.45, 2.75) is 24.8 Å². The molecule has 4 N–H and O–H groups in total. The van der Waals surface area contributed by atoms with Crippen LogP contribution >= 0.6 is 11.6 Å². The zero-order valence-corrected chi connectivity index (χ0v) is 14.3. The van der Waals surface area contributed by atoms with Crippen molar-refractivity contribution < 1.29 is 4.79 Å². The third-order valence-electron chi connectivity index (χ3n) is 4.83. The van der Waals surface area contributed by atoms with Crippen molar-refractivity contribution in [1.29, 1.82) is 0 Å². The average molecular weight is 358 g/mol. The summed E-state index contributed by atoms with van der Waals surface area (Å²) in [6.07, 6.45) is 4.03. The van der Waals surface area contributed by atoms with Crippen LogP contribution in [0.4, 0.5) is 5.69 Å². The summed E-state index contributed by atoms with van der Waals surface area (Å²) in [5, 5.41) is 13.7. The number of para-hydroxylation sites is 1. The first-order valence-electron chi connectivity index (χ1n) is 8.43. The molecule has 2 aromatic rings. The Hall–Kier alpha value is -2.15. The Balaban J connectivity index is 1.52. The Bertz CT molecular complexity index is 756. The van der Waals surface area contributed by atoms with Crippen molar-refractivity contribution in [3.05, 3.63) is 59.4 Å². The standard InChI is InChI=1S/C18H20ClN5O/c19-13-5-1-2-6-14(13)22-18-23-16-15(17(25)24-18)12(7-9-21-16)11-4-3-8-20-10-11/h1-6,8,10,12,15-16,18,21-23H,7,9H2,(H,24,25). The van der Waals surface area contributed by atoms with Gasteiger partial charge in [0.2, 0.25) is 5.91 Å². The lowest BCUT2D eigenvalue weighted by Gasteiger charge is -2.44. The van der Waals surface area contributed by atoms with Crippen molar-refractivity contribution in [3.63, 3.8) is 0 Å². The summed E-state index contributed by atoms with van der Waals surface area (Å²) < 4.78 is 0. The number of halogens is 1. The topological polar surface area (TPSA) is 78.1 Å². The Morgan fingerprint density at radius 2 is 2.08 bits per heavy atom. The number of benzene rings is 1. The molecule has 2 saturated heterocycles. The molecule has 4 unspecified atom stereocenters. The monoisotopic (exact) mass is 357 g/mol. The van der Waals surface area contributed by atoms with Crippen molar-refractivity contribution in [3.8, 4) is 0 Å². The van der Waals surface area contributed by atoms with Gasteiger partial charge in [-0.2, -0.15) is 0 Å². The predicted octanol–water partition coefficient (Wildman–Crippen LogP) is 1.87. The van der Waals surface area contributed by atoms with Crippen molar-refractivity contribution in [2.24, 2.45) is 5.92 Å². The molecule has 2 aliphatic rings. The summed E-state index contributed by atoms with van der Waals surface area (Å²) in [5.74, 6) is -0.00897. The Labute approximate surface area is 151 Å². The molecule has 0 spiro atoms. The lowest BCUT2D eigenvalue weighted by molar-refractivity contribution is -0.131. The van der Waals surface area contributed by atoms with Crippen molar-refractivity contribution in [2.75, 3.05) is 11.9 Å². The Kier molecular flexibility index (Phi) is 4.57. The number of nitrogens with one attached hydrogen (secondary N) is 4. The van der Waals surface area contributed by atoms with Crippen LogP contribution in [0.1, 0.15) is 17.9 Å². The maximum atomic E-state index is 12.8. The van der Waals surface area contributed by atoms with Crippen LogP contribution in [-0.4, -0.2) is 29.9 Å². The lowest BCUT2D eigenvalue weighted by Crippen LogP contribution is -2.70. The van der Waals surface area contributed by atoms with Crippen molar-refractivity contribution in [1.82, 2.24) is 20.9 Å². The number of carbonyl (C=O) groups is 1. The van der Waals surface area contributed by atoms with E-state index in [9.17, 15) is 4.79 Å². The molecule has 0 bridgehead atoms. The highest BCUT2D eigenvalue weighted by Crippen LogP contribution is 2.34. The van der Waals surface area contributed by atoms with Crippen LogP contribution < -0.4 is 21.3 Å². The molecule has 2 fully saturated rings. The highest BCUT2D eigenvalue weighted by Gasteiger charge is 2.43. The van der Waals surface area contributed by atoms with E-state index in [1.54, 1.807) is 6.20 Å². The minimum atomic E-state index is -0.381. The summed E-state index contributed by atoms with van der Waals surface area (Å²) in [6, 6.07) is 11.4. The van der Waals surface area contributed by atoms with Gasteiger partial charge < -0.3 is 16.0 Å². The number of carbonyl (C=O) groups excluding carboxylic acids is 1. The van der Waals surface area contributed by atoms with Crippen LogP contribution in [0.15, 0.2) is 48.8 Å². The highest BCUT2D eigenvalue weighted by molar-refractivity contribution is 6.33. The van der Waals surface area contributed by atoms with Crippen LogP contribution in [-0.2, 0) is 4.79 Å². The minimum absolute atomic E-state index is 0.0226. The maximum absolute atomic E-state index is 12.8. The molecule has 0 saturated carbocycles. The number of aromatic nitrogens is 1. The summed E-state index contributed by atoms with van der Waals surface area (Å²) >= 11 is 6.19. The van der Waals surface area contributed by atoms with E-state index in [4.69, 9.17) is 11.6 Å². The number of nitrogens with zero attached hydrogens (tertiary/aromatic N) is 1. The summed E-state index contributed by atoms with van der Waals surface area (Å²) in [5.41, 5.74) is 1.88. The van der Waals surface area contributed by atoms with Gasteiger partial charge in [0.1, 0.15) is 0 Å². The smallest absolute Gasteiger partial charge is 0.229 e. The molecule has 25 heavy (non-hydrogen) atoms. The van der Waals surface area contributed by atoms with Gasteiger partial charge >= 0.3 is 0 Å². The lowest BCUT2D eigenvalue weighted by atomic mass is 9.78. The molecule has 3 heterocycles. The van der Waals surface area contributed by atoms with Gasteiger partial charge in [0.25, 0.3) is 0 Å². The molecule has 1 aromatic carbocycles. The van der Waals surface area contributed by atoms with E-state index in [2.05, 4.69) is 26.3 Å². The SMILES string of the molecule is O=C1NC(Nc2ccccc2Cl)NC2NCCC(c3cccnc3)C12. The van der Waals surface area contributed by atoms with Gasteiger partial charge in [-0.3, -0.25) is 15.1 Å². The summed E-state index contributed by atoms with van der Waals surface area (Å²) in [6.45, 7) is 0.847. The molecule has 7 heteroatoms. The van der Waals surface area contributed by atoms with Crippen LogP contribution in [0.25, 0.3) is 0 Å². The molecule has 2 aliphatic heterocycles. The van der Waals surface area contributed by atoms with Gasteiger partial charge in [0, 0.05) is 18.3 Å². The van der Waals surface area contributed by atoms with Gasteiger partial charge in [-0.25, -0.2) is 0 Å². The molecule has 0 aliphatic carbocycles. The second-order valence-electron chi connectivity index (χ2n) is 6.37. The van der Waals surface area contributed by atoms with Gasteiger partial charge in [0.15, 0.2) is 6.29 Å². The summed E-state index contributed by atoms with van der Waals surface area (Å²) in [7, 11) is 0. The number of hydrogen-bond acceptors (Lipinski definition) is 5. The highest BCUT2D eigenvalue weighted by atomic mass is 35.5. The second kappa shape index (κ2) is 7.00. The van der Waals surface area contributed by atoms with E-state index in [1.165, 1.54) is 0 Å². The number of anilines is 1. The molecule has 1 aromatic heterocycles. The molecule has 0 radical (unpaired) electrons. The number of pyridine rings is 1. The minimum Gasteiger partial charge on any atom is -0.352 e. The first-order valence-corrected chi connectivity index (χ1v) is 8.81. The number of piperidine rings is 1. The van der Waals surface area contributed by atoms with E-state index in [-0.39, 0.29) is 30.2 Å². The van der Waals surface area contributed by atoms with Crippen molar-refractivity contribution >= 4 is 23.2 Å². The Morgan fingerprint density at radius 1 is 1.20 bits per heavy atom. The number of fused-ring (bicyclic) bond motifs is 1. The maximum Gasteiger partial charge on any atom is 0.229 e. The number of amides is 1. The normalized spacial score (nSPS) is 28.8. The van der Waals surface area contributed by atoms with Gasteiger partial charge in [0.05, 0.1) is 22.8 Å². The predicted molar refractivity (Wildman–Crippen MR) is 97.0 cm³/mol. The fraction of sp³-hybridized carbons (Fsp3) is 0.333. The van der Waals surface area contributed by atoms with E-state index in [1.807, 2.05) is 42.6 Å². The molecule has 6 nitrogen and oxygen atoms in total.